The van der Waals surface area contributed by atoms with Gasteiger partial charge in [0.2, 0.25) is 10.0 Å². The van der Waals surface area contributed by atoms with E-state index in [0.29, 0.717) is 24.0 Å². The highest BCUT2D eigenvalue weighted by Crippen LogP contribution is 2.28. The van der Waals surface area contributed by atoms with Gasteiger partial charge in [-0.25, -0.2) is 8.42 Å². The number of piperidine rings is 2. The molecule has 0 aromatic heterocycles. The summed E-state index contributed by atoms with van der Waals surface area (Å²) in [6, 6.07) is 15.5. The minimum absolute atomic E-state index is 0.380. The topological polar surface area (TPSA) is 49.9 Å². The third kappa shape index (κ3) is 4.56. The third-order valence-corrected chi connectivity index (χ3v) is 8.59. The molecule has 0 bridgehead atoms. The SMILES string of the molecule is COc1ccc(-c2ccc(S(=O)(=O)N3CCC(N4CCC(C)CC4)CC3)cc2)cc1. The Morgan fingerprint density at radius 1 is 0.800 bits per heavy atom. The van der Waals surface area contributed by atoms with Crippen molar-refractivity contribution >= 4 is 10.0 Å². The molecular weight excluding hydrogens is 396 g/mol. The zero-order valence-electron chi connectivity index (χ0n) is 18.0. The molecule has 2 aromatic carbocycles. The van der Waals surface area contributed by atoms with E-state index in [2.05, 4.69) is 11.8 Å². The molecule has 162 valence electrons. The monoisotopic (exact) mass is 428 g/mol. The van der Waals surface area contributed by atoms with E-state index in [1.807, 2.05) is 36.4 Å². The standard InChI is InChI=1S/C24H32N2O3S/c1-19-11-15-25(16-12-19)22-13-17-26(18-14-22)30(27,28)24-9-5-21(6-10-24)20-3-7-23(29-2)8-4-20/h3-10,19,22H,11-18H2,1-2H3. The van der Waals surface area contributed by atoms with E-state index < -0.39 is 10.0 Å². The van der Waals surface area contributed by atoms with Crippen LogP contribution in [-0.2, 0) is 10.0 Å². The van der Waals surface area contributed by atoms with Crippen LogP contribution in [0.3, 0.4) is 0 Å². The van der Waals surface area contributed by atoms with Crippen molar-refractivity contribution < 1.29 is 13.2 Å². The maximum Gasteiger partial charge on any atom is 0.243 e. The molecule has 0 amide bonds. The fourth-order valence-corrected chi connectivity index (χ4v) is 6.06. The lowest BCUT2D eigenvalue weighted by Gasteiger charge is -2.41. The summed E-state index contributed by atoms with van der Waals surface area (Å²) in [6.45, 7) is 5.86. The lowest BCUT2D eigenvalue weighted by Crippen LogP contribution is -2.48. The minimum atomic E-state index is -3.44. The van der Waals surface area contributed by atoms with Crippen LogP contribution >= 0.6 is 0 Å². The van der Waals surface area contributed by atoms with Gasteiger partial charge in [-0.3, -0.25) is 0 Å². The average Bonchev–Trinajstić information content (AvgIpc) is 2.80. The molecule has 0 spiro atoms. The summed E-state index contributed by atoms with van der Waals surface area (Å²) in [6.07, 6.45) is 4.38. The van der Waals surface area contributed by atoms with E-state index in [-0.39, 0.29) is 0 Å². The molecule has 2 saturated heterocycles. The highest BCUT2D eigenvalue weighted by atomic mass is 32.2. The summed E-state index contributed by atoms with van der Waals surface area (Å²) in [5, 5.41) is 0. The largest absolute Gasteiger partial charge is 0.497 e. The van der Waals surface area contributed by atoms with Gasteiger partial charge in [-0.2, -0.15) is 4.31 Å². The first kappa shape index (κ1) is 21.3. The second-order valence-corrected chi connectivity index (χ2v) is 10.5. The van der Waals surface area contributed by atoms with E-state index in [4.69, 9.17) is 4.74 Å². The molecule has 30 heavy (non-hydrogen) atoms. The second kappa shape index (κ2) is 9.08. The average molecular weight is 429 g/mol. The van der Waals surface area contributed by atoms with Crippen molar-refractivity contribution in [2.24, 2.45) is 5.92 Å². The number of likely N-dealkylation sites (tertiary alicyclic amines) is 1. The molecule has 2 fully saturated rings. The van der Waals surface area contributed by atoms with E-state index in [0.717, 1.165) is 48.7 Å². The maximum absolute atomic E-state index is 13.1. The second-order valence-electron chi connectivity index (χ2n) is 8.61. The molecule has 0 aliphatic carbocycles. The van der Waals surface area contributed by atoms with Crippen molar-refractivity contribution in [3.63, 3.8) is 0 Å². The summed E-state index contributed by atoms with van der Waals surface area (Å²) in [5.74, 6) is 1.63. The number of hydrogen-bond acceptors (Lipinski definition) is 4. The molecule has 0 radical (unpaired) electrons. The van der Waals surface area contributed by atoms with Crippen molar-refractivity contribution in [1.29, 1.82) is 0 Å². The Labute approximate surface area is 180 Å². The molecule has 0 atom stereocenters. The normalized spacial score (nSPS) is 20.3. The predicted octanol–water partition coefficient (Wildman–Crippen LogP) is 4.25. The highest BCUT2D eigenvalue weighted by Gasteiger charge is 2.32. The number of ether oxygens (including phenoxy) is 1. The van der Waals surface area contributed by atoms with Gasteiger partial charge in [0.05, 0.1) is 12.0 Å². The van der Waals surface area contributed by atoms with Crippen LogP contribution in [0.5, 0.6) is 5.75 Å². The Morgan fingerprint density at radius 3 is 1.87 bits per heavy atom. The van der Waals surface area contributed by atoms with Crippen molar-refractivity contribution in [3.05, 3.63) is 48.5 Å². The molecular formula is C24H32N2O3S. The summed E-state index contributed by atoms with van der Waals surface area (Å²) in [7, 11) is -1.80. The van der Waals surface area contributed by atoms with Gasteiger partial charge in [-0.15, -0.1) is 0 Å². The van der Waals surface area contributed by atoms with Gasteiger partial charge in [0.25, 0.3) is 0 Å². The van der Waals surface area contributed by atoms with E-state index in [1.165, 1.54) is 12.8 Å². The predicted molar refractivity (Wildman–Crippen MR) is 120 cm³/mol. The van der Waals surface area contributed by atoms with Crippen LogP contribution in [0.15, 0.2) is 53.4 Å². The number of methoxy groups -OCH3 is 1. The van der Waals surface area contributed by atoms with Crippen LogP contribution in [0.4, 0.5) is 0 Å². The molecule has 2 aliphatic heterocycles. The van der Waals surface area contributed by atoms with Gasteiger partial charge in [0.15, 0.2) is 0 Å². The van der Waals surface area contributed by atoms with Crippen LogP contribution in [0.2, 0.25) is 0 Å². The van der Waals surface area contributed by atoms with E-state index >= 15 is 0 Å². The van der Waals surface area contributed by atoms with Gasteiger partial charge in [0, 0.05) is 19.1 Å². The maximum atomic E-state index is 13.1. The Bertz CT molecular complexity index is 925. The van der Waals surface area contributed by atoms with Gasteiger partial charge in [-0.05, 0) is 80.1 Å². The first-order valence-electron chi connectivity index (χ1n) is 11.0. The lowest BCUT2D eigenvalue weighted by atomic mass is 9.95. The highest BCUT2D eigenvalue weighted by molar-refractivity contribution is 7.89. The number of hydrogen-bond donors (Lipinski definition) is 0. The van der Waals surface area contributed by atoms with Crippen LogP contribution in [-0.4, -0.2) is 57.0 Å². The van der Waals surface area contributed by atoms with Gasteiger partial charge in [-0.1, -0.05) is 31.2 Å². The van der Waals surface area contributed by atoms with E-state index in [9.17, 15) is 8.42 Å². The summed E-state index contributed by atoms with van der Waals surface area (Å²) >= 11 is 0. The first-order chi connectivity index (χ1) is 14.5. The van der Waals surface area contributed by atoms with Gasteiger partial charge >= 0.3 is 0 Å². The molecule has 0 unspecified atom stereocenters. The number of benzene rings is 2. The molecule has 0 N–H and O–H groups in total. The molecule has 2 aliphatic rings. The molecule has 2 aromatic rings. The fourth-order valence-electron chi connectivity index (χ4n) is 4.59. The Morgan fingerprint density at radius 2 is 1.33 bits per heavy atom. The quantitative estimate of drug-likeness (QED) is 0.715. The van der Waals surface area contributed by atoms with Gasteiger partial charge < -0.3 is 9.64 Å². The van der Waals surface area contributed by atoms with Crippen molar-refractivity contribution in [2.75, 3.05) is 33.3 Å². The Kier molecular flexibility index (Phi) is 6.46. The zero-order chi connectivity index (χ0) is 21.1. The minimum Gasteiger partial charge on any atom is -0.497 e. The summed E-state index contributed by atoms with van der Waals surface area (Å²) < 4.78 is 33.1. The van der Waals surface area contributed by atoms with Gasteiger partial charge in [0.1, 0.15) is 5.75 Å². The van der Waals surface area contributed by atoms with E-state index in [1.54, 1.807) is 23.5 Å². The third-order valence-electron chi connectivity index (χ3n) is 6.67. The Hall–Kier alpha value is -1.89. The fraction of sp³-hybridized carbons (Fsp3) is 0.500. The molecule has 4 rings (SSSR count). The molecule has 2 heterocycles. The van der Waals surface area contributed by atoms with Crippen molar-refractivity contribution in [3.8, 4) is 16.9 Å². The lowest BCUT2D eigenvalue weighted by molar-refractivity contribution is 0.101. The number of rotatable bonds is 5. The molecule has 0 saturated carbocycles. The van der Waals surface area contributed by atoms with Crippen LogP contribution in [0, 0.1) is 5.92 Å². The number of sulfonamides is 1. The number of nitrogens with zero attached hydrogens (tertiary/aromatic N) is 2. The smallest absolute Gasteiger partial charge is 0.243 e. The molecule has 5 nitrogen and oxygen atoms in total. The summed E-state index contributed by atoms with van der Waals surface area (Å²) in [5.41, 5.74) is 2.03. The van der Waals surface area contributed by atoms with Crippen LogP contribution < -0.4 is 4.74 Å². The first-order valence-corrected chi connectivity index (χ1v) is 12.4. The molecule has 6 heteroatoms. The van der Waals surface area contributed by atoms with Crippen LogP contribution in [0.1, 0.15) is 32.6 Å². The Balaban J connectivity index is 1.40. The van der Waals surface area contributed by atoms with Crippen LogP contribution in [0.25, 0.3) is 11.1 Å². The van der Waals surface area contributed by atoms with Crippen molar-refractivity contribution in [1.82, 2.24) is 9.21 Å². The van der Waals surface area contributed by atoms with Crippen molar-refractivity contribution in [2.45, 2.75) is 43.5 Å². The zero-order valence-corrected chi connectivity index (χ0v) is 18.8. The summed E-state index contributed by atoms with van der Waals surface area (Å²) in [4.78, 5) is 2.96.